The number of fused-ring (bicyclic) bond motifs is 1. The molecule has 9 nitrogen and oxygen atoms in total. The van der Waals surface area contributed by atoms with E-state index in [2.05, 4.69) is 24.7 Å². The van der Waals surface area contributed by atoms with Crippen molar-refractivity contribution in [1.29, 1.82) is 0 Å². The van der Waals surface area contributed by atoms with Gasteiger partial charge >= 0.3 is 0 Å². The average Bonchev–Trinajstić information content (AvgIpc) is 3.32. The quantitative estimate of drug-likeness (QED) is 0.387. The number of rotatable bonds is 7. The van der Waals surface area contributed by atoms with Crippen molar-refractivity contribution in [2.24, 2.45) is 0 Å². The minimum Gasteiger partial charge on any atom is -0.471 e. The van der Waals surface area contributed by atoms with Crippen LogP contribution >= 0.6 is 0 Å². The number of anilines is 1. The lowest BCUT2D eigenvalue weighted by Gasteiger charge is -2.10. The molecule has 2 aromatic carbocycles. The Kier molecular flexibility index (Phi) is 5.41. The lowest BCUT2D eigenvalue weighted by molar-refractivity contribution is 0.294. The van der Waals surface area contributed by atoms with Gasteiger partial charge in [-0.05, 0) is 35.7 Å². The lowest BCUT2D eigenvalue weighted by atomic mass is 10.1. The van der Waals surface area contributed by atoms with Crippen LogP contribution in [0.1, 0.15) is 5.69 Å². The molecule has 33 heavy (non-hydrogen) atoms. The van der Waals surface area contributed by atoms with Crippen molar-refractivity contribution in [3.05, 3.63) is 91.5 Å². The maximum absolute atomic E-state index is 12.7. The summed E-state index contributed by atoms with van der Waals surface area (Å²) in [6.45, 7) is 0.141. The Morgan fingerprint density at radius 1 is 0.939 bits per heavy atom. The van der Waals surface area contributed by atoms with E-state index in [1.165, 1.54) is 31.1 Å². The molecule has 3 heterocycles. The van der Waals surface area contributed by atoms with Crippen LogP contribution in [-0.2, 0) is 16.6 Å². The van der Waals surface area contributed by atoms with Gasteiger partial charge < -0.3 is 9.15 Å². The van der Waals surface area contributed by atoms with Crippen molar-refractivity contribution in [2.45, 2.75) is 11.5 Å². The van der Waals surface area contributed by atoms with Crippen LogP contribution in [0.3, 0.4) is 0 Å². The molecule has 0 bridgehead atoms. The highest BCUT2D eigenvalue weighted by Gasteiger charge is 2.17. The predicted molar refractivity (Wildman–Crippen MR) is 121 cm³/mol. The highest BCUT2D eigenvalue weighted by molar-refractivity contribution is 7.92. The highest BCUT2D eigenvalue weighted by atomic mass is 32.2. The summed E-state index contributed by atoms with van der Waals surface area (Å²) in [5.74, 6) is 1.17. The summed E-state index contributed by atoms with van der Waals surface area (Å²) in [6, 6.07) is 17.5. The van der Waals surface area contributed by atoms with Crippen LogP contribution in [0.2, 0.25) is 0 Å². The second kappa shape index (κ2) is 8.67. The number of nitrogens with zero attached hydrogens (tertiary/aromatic N) is 4. The molecule has 0 fully saturated rings. The first-order valence-electron chi connectivity index (χ1n) is 9.88. The number of sulfonamides is 1. The van der Waals surface area contributed by atoms with Gasteiger partial charge in [-0.2, -0.15) is 0 Å². The van der Waals surface area contributed by atoms with Gasteiger partial charge in [0.1, 0.15) is 24.4 Å². The zero-order chi connectivity index (χ0) is 22.7. The third-order valence-electron chi connectivity index (χ3n) is 4.85. The monoisotopic (exact) mass is 459 g/mol. The number of benzene rings is 2. The molecule has 0 saturated heterocycles. The average molecular weight is 459 g/mol. The number of hydrogen-bond donors (Lipinski definition) is 1. The molecule has 0 amide bonds. The van der Waals surface area contributed by atoms with E-state index in [-0.39, 0.29) is 17.3 Å². The molecule has 164 valence electrons. The Morgan fingerprint density at radius 3 is 2.64 bits per heavy atom. The summed E-state index contributed by atoms with van der Waals surface area (Å²) >= 11 is 0. The smallest absolute Gasteiger partial charge is 0.263 e. The van der Waals surface area contributed by atoms with Crippen molar-refractivity contribution in [3.63, 3.8) is 0 Å². The molecule has 0 aliphatic heterocycles. The zero-order valence-electron chi connectivity index (χ0n) is 17.1. The molecular formula is C23H17N5O4S. The van der Waals surface area contributed by atoms with E-state index in [0.29, 0.717) is 28.1 Å². The van der Waals surface area contributed by atoms with Gasteiger partial charge in [0.25, 0.3) is 10.0 Å². The Labute approximate surface area is 189 Å². The Balaban J connectivity index is 1.39. The van der Waals surface area contributed by atoms with Gasteiger partial charge in [-0.1, -0.05) is 30.3 Å². The fraction of sp³-hybridized carbons (Fsp3) is 0.0435. The van der Waals surface area contributed by atoms with Crippen molar-refractivity contribution in [3.8, 4) is 17.2 Å². The number of nitrogens with one attached hydrogen (secondary N) is 1. The van der Waals surface area contributed by atoms with Gasteiger partial charge in [0.2, 0.25) is 5.88 Å². The van der Waals surface area contributed by atoms with Gasteiger partial charge in [-0.25, -0.2) is 28.4 Å². The summed E-state index contributed by atoms with van der Waals surface area (Å²) < 4.78 is 39.4. The number of hydrogen-bond acceptors (Lipinski definition) is 8. The maximum Gasteiger partial charge on any atom is 0.263 e. The van der Waals surface area contributed by atoms with E-state index in [4.69, 9.17) is 9.15 Å². The fourth-order valence-electron chi connectivity index (χ4n) is 3.29. The molecule has 0 saturated carbocycles. The topological polar surface area (TPSA) is 120 Å². The molecule has 0 spiro atoms. The third-order valence-corrected chi connectivity index (χ3v) is 6.21. The second-order valence-electron chi connectivity index (χ2n) is 6.98. The molecule has 0 unspecified atom stereocenters. The van der Waals surface area contributed by atoms with E-state index in [9.17, 15) is 8.42 Å². The van der Waals surface area contributed by atoms with Gasteiger partial charge in [0.05, 0.1) is 4.90 Å². The van der Waals surface area contributed by atoms with Gasteiger partial charge in [-0.15, -0.1) is 0 Å². The Bertz CT molecular complexity index is 1510. The van der Waals surface area contributed by atoms with Crippen molar-refractivity contribution in [2.75, 3.05) is 4.72 Å². The Hall–Kier alpha value is -4.31. The van der Waals surface area contributed by atoms with E-state index in [1.807, 2.05) is 30.3 Å². The highest BCUT2D eigenvalue weighted by Crippen LogP contribution is 2.28. The number of pyridine rings is 1. The van der Waals surface area contributed by atoms with Gasteiger partial charge in [-0.3, -0.25) is 4.72 Å². The molecule has 0 atom stereocenters. The summed E-state index contributed by atoms with van der Waals surface area (Å²) in [5, 5.41) is 1.33. The number of oxazole rings is 1. The maximum atomic E-state index is 12.7. The first-order chi connectivity index (χ1) is 16.1. The molecule has 0 aliphatic rings. The first-order valence-corrected chi connectivity index (χ1v) is 11.4. The molecule has 0 radical (unpaired) electrons. The van der Waals surface area contributed by atoms with Crippen LogP contribution in [0.15, 0.2) is 95.1 Å². The first kappa shape index (κ1) is 20.6. The summed E-state index contributed by atoms with van der Waals surface area (Å²) in [5.41, 5.74) is 1.53. The van der Waals surface area contributed by atoms with E-state index < -0.39 is 10.0 Å². The largest absolute Gasteiger partial charge is 0.471 e. The van der Waals surface area contributed by atoms with Crippen LogP contribution in [0, 0.1) is 0 Å². The molecule has 3 aromatic heterocycles. The minimum atomic E-state index is -3.83. The predicted octanol–water partition coefficient (Wildman–Crippen LogP) is 4.06. The van der Waals surface area contributed by atoms with Crippen molar-refractivity contribution >= 4 is 26.6 Å². The minimum absolute atomic E-state index is 0.0913. The number of aromatic nitrogens is 4. The molecular weight excluding hydrogens is 442 g/mol. The van der Waals surface area contributed by atoms with Crippen LogP contribution in [0.4, 0.5) is 5.82 Å². The van der Waals surface area contributed by atoms with E-state index in [0.717, 1.165) is 5.56 Å². The van der Waals surface area contributed by atoms with Crippen LogP contribution in [-0.4, -0.2) is 28.4 Å². The molecule has 5 aromatic rings. The molecule has 5 rings (SSSR count). The SMILES string of the molecule is O=S(=O)(Nc1ccncn1)c1ccc2c(OCc3ncoc3-c3ccccc3)nccc2c1. The van der Waals surface area contributed by atoms with Crippen LogP contribution in [0.25, 0.3) is 22.1 Å². The van der Waals surface area contributed by atoms with Gasteiger partial charge in [0, 0.05) is 23.3 Å². The lowest BCUT2D eigenvalue weighted by Crippen LogP contribution is -2.13. The Morgan fingerprint density at radius 2 is 1.82 bits per heavy atom. The third kappa shape index (κ3) is 4.37. The molecule has 1 N–H and O–H groups in total. The van der Waals surface area contributed by atoms with Crippen molar-refractivity contribution < 1.29 is 17.6 Å². The second-order valence-corrected chi connectivity index (χ2v) is 8.66. The zero-order valence-corrected chi connectivity index (χ0v) is 17.9. The summed E-state index contributed by atoms with van der Waals surface area (Å²) in [7, 11) is -3.83. The molecule has 0 aliphatic carbocycles. The number of ether oxygens (including phenoxy) is 1. The summed E-state index contributed by atoms with van der Waals surface area (Å²) in [4.78, 5) is 16.3. The van der Waals surface area contributed by atoms with Crippen LogP contribution in [0.5, 0.6) is 5.88 Å². The van der Waals surface area contributed by atoms with E-state index >= 15 is 0 Å². The van der Waals surface area contributed by atoms with Crippen molar-refractivity contribution in [1.82, 2.24) is 19.9 Å². The van der Waals surface area contributed by atoms with E-state index in [1.54, 1.807) is 24.4 Å². The summed E-state index contributed by atoms with van der Waals surface area (Å²) in [6.07, 6.45) is 5.66. The van der Waals surface area contributed by atoms with Crippen LogP contribution < -0.4 is 9.46 Å². The normalized spacial score (nSPS) is 11.4. The standard InChI is InChI=1S/C23H17N5O4S/c29-33(30,28-21-9-10-24-14-26-21)18-6-7-19-17(12-18)8-11-25-23(19)31-13-20-22(32-15-27-20)16-4-2-1-3-5-16/h1-12,14-15H,13H2,(H,24,26,28). The van der Waals surface area contributed by atoms with Gasteiger partial charge in [0.15, 0.2) is 12.2 Å². The molecule has 10 heteroatoms. The fourth-order valence-corrected chi connectivity index (χ4v) is 4.33.